The zero-order valence-corrected chi connectivity index (χ0v) is 12.4. The van der Waals surface area contributed by atoms with Gasteiger partial charge >= 0.3 is 6.03 Å². The van der Waals surface area contributed by atoms with Crippen LogP contribution in [0.1, 0.15) is 11.7 Å². The highest BCUT2D eigenvalue weighted by molar-refractivity contribution is 6.31. The number of hydrogen-bond donors (Lipinski definition) is 3. The molecule has 0 bridgehead atoms. The molecule has 23 heavy (non-hydrogen) atoms. The van der Waals surface area contributed by atoms with Crippen LogP contribution in [0.3, 0.4) is 0 Å². The second kappa shape index (κ2) is 7.34. The van der Waals surface area contributed by atoms with E-state index in [0.29, 0.717) is 22.7 Å². The highest BCUT2D eigenvalue weighted by atomic mass is 35.5. The highest BCUT2D eigenvalue weighted by Crippen LogP contribution is 2.22. The van der Waals surface area contributed by atoms with Crippen molar-refractivity contribution in [1.82, 2.24) is 5.32 Å². The molecule has 0 heterocycles. The molecule has 2 aromatic rings. The van der Waals surface area contributed by atoms with Crippen LogP contribution in [0.4, 0.5) is 23.7 Å². The molecule has 0 saturated heterocycles. The summed E-state index contributed by atoms with van der Waals surface area (Å²) in [6.07, 6.45) is -1.10. The van der Waals surface area contributed by atoms with Crippen LogP contribution in [0.5, 0.6) is 0 Å². The molecule has 0 fully saturated rings. The molecule has 3 N–H and O–H groups in total. The molecule has 2 rings (SSSR count). The lowest BCUT2D eigenvalue weighted by Gasteiger charge is -2.14. The molecule has 1 atom stereocenters. The smallest absolute Gasteiger partial charge is 0.319 e. The van der Waals surface area contributed by atoms with E-state index in [1.165, 1.54) is 0 Å². The normalized spacial score (nSPS) is 11.9. The summed E-state index contributed by atoms with van der Waals surface area (Å²) < 4.78 is 39.6. The lowest BCUT2D eigenvalue weighted by molar-refractivity contribution is 0.175. The largest absolute Gasteiger partial charge is 0.387 e. The maximum atomic E-state index is 13.4. The monoisotopic (exact) mass is 344 g/mol. The fourth-order valence-corrected chi connectivity index (χ4v) is 2.13. The van der Waals surface area contributed by atoms with Gasteiger partial charge in [-0.2, -0.15) is 0 Å². The lowest BCUT2D eigenvalue weighted by atomic mass is 10.1. The van der Waals surface area contributed by atoms with E-state index in [1.54, 1.807) is 24.3 Å². The number of rotatable bonds is 4. The van der Waals surface area contributed by atoms with E-state index < -0.39 is 35.3 Å². The van der Waals surface area contributed by atoms with Gasteiger partial charge in [-0.3, -0.25) is 0 Å². The van der Waals surface area contributed by atoms with Gasteiger partial charge in [-0.25, -0.2) is 18.0 Å². The quantitative estimate of drug-likeness (QED) is 0.793. The number of aliphatic hydroxyl groups is 1. The Labute approximate surface area is 134 Å². The van der Waals surface area contributed by atoms with Crippen LogP contribution in [0.15, 0.2) is 36.4 Å². The van der Waals surface area contributed by atoms with Crippen molar-refractivity contribution < 1.29 is 23.1 Å². The van der Waals surface area contributed by atoms with Crippen LogP contribution in [0.25, 0.3) is 0 Å². The molecule has 0 aliphatic carbocycles. The van der Waals surface area contributed by atoms with Crippen LogP contribution in [-0.4, -0.2) is 17.7 Å². The molecule has 0 radical (unpaired) electrons. The minimum absolute atomic E-state index is 0.236. The molecular formula is C15H12ClF3N2O2. The summed E-state index contributed by atoms with van der Waals surface area (Å²) in [5.74, 6) is -3.59. The number of urea groups is 1. The summed E-state index contributed by atoms with van der Waals surface area (Å²) in [4.78, 5) is 11.6. The number of carbonyl (C=O) groups is 1. The van der Waals surface area contributed by atoms with Gasteiger partial charge in [-0.1, -0.05) is 29.8 Å². The standard InChI is InChI=1S/C15H12ClF3N2O2/c16-10-4-2-1-3-9(10)13(22)7-20-15(23)21-14-11(18)5-8(17)6-12(14)19/h1-6,13,22H,7H2,(H2,20,21,23). The van der Waals surface area contributed by atoms with E-state index in [4.69, 9.17) is 11.6 Å². The second-order valence-corrected chi connectivity index (χ2v) is 5.02. The summed E-state index contributed by atoms with van der Waals surface area (Å²) >= 11 is 5.90. The van der Waals surface area contributed by atoms with Crippen LogP contribution in [-0.2, 0) is 0 Å². The van der Waals surface area contributed by atoms with E-state index in [1.807, 2.05) is 5.32 Å². The van der Waals surface area contributed by atoms with Gasteiger partial charge in [-0.05, 0) is 6.07 Å². The highest BCUT2D eigenvalue weighted by Gasteiger charge is 2.16. The van der Waals surface area contributed by atoms with Crippen LogP contribution in [0.2, 0.25) is 5.02 Å². The SMILES string of the molecule is O=C(NCC(O)c1ccccc1Cl)Nc1c(F)cc(F)cc1F. The van der Waals surface area contributed by atoms with Gasteiger partial charge in [0, 0.05) is 29.3 Å². The third kappa shape index (κ3) is 4.37. The molecule has 0 spiro atoms. The Hall–Kier alpha value is -2.25. The van der Waals surface area contributed by atoms with E-state index in [0.717, 1.165) is 0 Å². The lowest BCUT2D eigenvalue weighted by Crippen LogP contribution is -2.33. The zero-order valence-electron chi connectivity index (χ0n) is 11.6. The number of aliphatic hydroxyl groups excluding tert-OH is 1. The number of anilines is 1. The molecule has 2 amide bonds. The zero-order chi connectivity index (χ0) is 17.0. The summed E-state index contributed by atoms with van der Waals surface area (Å²) in [5.41, 5.74) is -0.384. The maximum absolute atomic E-state index is 13.4. The topological polar surface area (TPSA) is 61.4 Å². The second-order valence-electron chi connectivity index (χ2n) is 4.62. The summed E-state index contributed by atoms with van der Waals surface area (Å²) in [6.45, 7) is -0.236. The molecule has 4 nitrogen and oxygen atoms in total. The predicted molar refractivity (Wildman–Crippen MR) is 79.7 cm³/mol. The minimum Gasteiger partial charge on any atom is -0.387 e. The summed E-state index contributed by atoms with van der Waals surface area (Å²) in [5, 5.41) is 14.4. The maximum Gasteiger partial charge on any atom is 0.319 e. The first-order chi connectivity index (χ1) is 10.9. The minimum atomic E-state index is -1.25. The van der Waals surface area contributed by atoms with Crippen molar-refractivity contribution in [1.29, 1.82) is 0 Å². The predicted octanol–water partition coefficient (Wildman–Crippen LogP) is 3.61. The van der Waals surface area contributed by atoms with E-state index in [2.05, 4.69) is 5.32 Å². The van der Waals surface area contributed by atoms with Crippen molar-refractivity contribution >= 4 is 23.3 Å². The third-order valence-electron chi connectivity index (χ3n) is 2.97. The average molecular weight is 345 g/mol. The van der Waals surface area contributed by atoms with Gasteiger partial charge in [-0.15, -0.1) is 0 Å². The Bertz CT molecular complexity index is 705. The van der Waals surface area contributed by atoms with Crippen molar-refractivity contribution in [3.8, 4) is 0 Å². The first kappa shape index (κ1) is 17.1. The molecule has 122 valence electrons. The van der Waals surface area contributed by atoms with Crippen molar-refractivity contribution in [3.63, 3.8) is 0 Å². The van der Waals surface area contributed by atoms with Gasteiger partial charge in [0.15, 0.2) is 11.6 Å². The summed E-state index contributed by atoms with van der Waals surface area (Å²) in [7, 11) is 0. The van der Waals surface area contributed by atoms with Crippen LogP contribution >= 0.6 is 11.6 Å². The molecule has 1 unspecified atom stereocenters. The van der Waals surface area contributed by atoms with E-state index in [9.17, 15) is 23.1 Å². The molecule has 0 aromatic heterocycles. The first-order valence-corrected chi connectivity index (χ1v) is 6.88. The number of halogens is 4. The van der Waals surface area contributed by atoms with Gasteiger partial charge in [0.1, 0.15) is 11.5 Å². The van der Waals surface area contributed by atoms with Crippen LogP contribution in [0, 0.1) is 17.5 Å². The Balaban J connectivity index is 1.97. The summed E-state index contributed by atoms with van der Waals surface area (Å²) in [6, 6.07) is 6.41. The number of nitrogens with one attached hydrogen (secondary N) is 2. The van der Waals surface area contributed by atoms with Crippen LogP contribution < -0.4 is 10.6 Å². The van der Waals surface area contributed by atoms with E-state index in [-0.39, 0.29) is 6.54 Å². The number of hydrogen-bond acceptors (Lipinski definition) is 2. The number of benzene rings is 2. The Kier molecular flexibility index (Phi) is 5.46. The Morgan fingerprint density at radius 2 is 1.78 bits per heavy atom. The average Bonchev–Trinajstić information content (AvgIpc) is 2.49. The fourth-order valence-electron chi connectivity index (χ4n) is 1.86. The number of amides is 2. The van der Waals surface area contributed by atoms with Gasteiger partial charge in [0.25, 0.3) is 0 Å². The van der Waals surface area contributed by atoms with Crippen molar-refractivity contribution in [2.24, 2.45) is 0 Å². The molecule has 0 aliphatic heterocycles. The molecular weight excluding hydrogens is 333 g/mol. The third-order valence-corrected chi connectivity index (χ3v) is 3.31. The molecule has 8 heteroatoms. The van der Waals surface area contributed by atoms with Gasteiger partial charge < -0.3 is 15.7 Å². The van der Waals surface area contributed by atoms with E-state index >= 15 is 0 Å². The first-order valence-electron chi connectivity index (χ1n) is 6.50. The Morgan fingerprint density at radius 3 is 2.39 bits per heavy atom. The van der Waals surface area contributed by atoms with Gasteiger partial charge in [0.05, 0.1) is 6.10 Å². The fraction of sp³-hybridized carbons (Fsp3) is 0.133. The molecule has 0 aliphatic rings. The van der Waals surface area contributed by atoms with Crippen molar-refractivity contribution in [3.05, 3.63) is 64.4 Å². The molecule has 2 aromatic carbocycles. The molecule has 0 saturated carbocycles. The van der Waals surface area contributed by atoms with Crippen molar-refractivity contribution in [2.75, 3.05) is 11.9 Å². The number of carbonyl (C=O) groups excluding carboxylic acids is 1. The van der Waals surface area contributed by atoms with Gasteiger partial charge in [0.2, 0.25) is 0 Å². The van der Waals surface area contributed by atoms with Crippen molar-refractivity contribution in [2.45, 2.75) is 6.10 Å². The Morgan fingerprint density at radius 1 is 1.17 bits per heavy atom.